The van der Waals surface area contributed by atoms with Gasteiger partial charge in [0.1, 0.15) is 0 Å². The van der Waals surface area contributed by atoms with E-state index in [0.717, 1.165) is 6.42 Å². The van der Waals surface area contributed by atoms with Crippen molar-refractivity contribution in [3.8, 4) is 0 Å². The number of rotatable bonds is 5. The molecule has 1 atom stereocenters. The summed E-state index contributed by atoms with van der Waals surface area (Å²) >= 11 is 1.80. The second-order valence-corrected chi connectivity index (χ2v) is 6.59. The van der Waals surface area contributed by atoms with E-state index < -0.39 is 0 Å². The molecular weight excluding hydrogens is 240 g/mol. The van der Waals surface area contributed by atoms with Gasteiger partial charge >= 0.3 is 0 Å². The molecule has 1 saturated heterocycles. The van der Waals surface area contributed by atoms with Gasteiger partial charge in [0.2, 0.25) is 0 Å². The van der Waals surface area contributed by atoms with Crippen molar-refractivity contribution in [1.82, 2.24) is 10.2 Å². The van der Waals surface area contributed by atoms with Crippen LogP contribution in [-0.2, 0) is 6.42 Å². The van der Waals surface area contributed by atoms with Crippen LogP contribution in [0.4, 0.5) is 0 Å². The Kier molecular flexibility index (Phi) is 5.22. The minimum Gasteiger partial charge on any atom is -0.311 e. The van der Waals surface area contributed by atoms with E-state index in [1.165, 1.54) is 31.5 Å². The highest BCUT2D eigenvalue weighted by atomic mass is 32.1. The van der Waals surface area contributed by atoms with Crippen molar-refractivity contribution < 1.29 is 0 Å². The Hall–Kier alpha value is -0.380. The molecule has 1 aliphatic heterocycles. The van der Waals surface area contributed by atoms with Crippen LogP contribution >= 0.6 is 11.3 Å². The summed E-state index contributed by atoms with van der Waals surface area (Å²) in [7, 11) is 0. The zero-order chi connectivity index (χ0) is 13.0. The van der Waals surface area contributed by atoms with E-state index >= 15 is 0 Å². The van der Waals surface area contributed by atoms with Gasteiger partial charge in [-0.15, -0.1) is 0 Å². The number of nitrogens with zero attached hydrogens (tertiary/aromatic N) is 1. The molecule has 1 unspecified atom stereocenters. The molecule has 2 nitrogen and oxygen atoms in total. The van der Waals surface area contributed by atoms with Gasteiger partial charge in [-0.3, -0.25) is 0 Å². The largest absolute Gasteiger partial charge is 0.311 e. The number of hydrogen-bond donors (Lipinski definition) is 1. The Morgan fingerprint density at radius 3 is 2.61 bits per heavy atom. The molecule has 0 bridgehead atoms. The Morgan fingerprint density at radius 2 is 2.06 bits per heavy atom. The van der Waals surface area contributed by atoms with Crippen LogP contribution in [0.5, 0.6) is 0 Å². The third-order valence-electron chi connectivity index (χ3n) is 3.90. The van der Waals surface area contributed by atoms with Gasteiger partial charge in [0, 0.05) is 18.1 Å². The lowest BCUT2D eigenvalue weighted by atomic mass is 10.0. The van der Waals surface area contributed by atoms with E-state index in [1.54, 1.807) is 11.3 Å². The molecule has 0 saturated carbocycles. The number of piperidine rings is 1. The highest BCUT2D eigenvalue weighted by Crippen LogP contribution is 2.15. The lowest BCUT2D eigenvalue weighted by molar-refractivity contribution is 0.157. The normalized spacial score (nSPS) is 20.4. The molecule has 0 spiro atoms. The highest BCUT2D eigenvalue weighted by molar-refractivity contribution is 7.07. The molecule has 1 fully saturated rings. The fraction of sp³-hybridized carbons (Fsp3) is 0.733. The van der Waals surface area contributed by atoms with Crippen molar-refractivity contribution >= 4 is 11.3 Å². The van der Waals surface area contributed by atoms with Gasteiger partial charge < -0.3 is 10.2 Å². The molecule has 1 N–H and O–H groups in total. The Morgan fingerprint density at radius 1 is 1.33 bits per heavy atom. The summed E-state index contributed by atoms with van der Waals surface area (Å²) in [6, 6.07) is 4.25. The summed E-state index contributed by atoms with van der Waals surface area (Å²) in [6.07, 6.45) is 3.76. The number of likely N-dealkylation sites (tertiary alicyclic amines) is 1. The Bertz CT molecular complexity index is 326. The Balaban J connectivity index is 1.71. The first kappa shape index (κ1) is 14.0. The maximum absolute atomic E-state index is 3.79. The quantitative estimate of drug-likeness (QED) is 0.881. The zero-order valence-corrected chi connectivity index (χ0v) is 12.7. The molecule has 1 aromatic rings. The molecule has 0 radical (unpaired) electrons. The predicted octanol–water partition coefficient (Wildman–Crippen LogP) is 3.14. The monoisotopic (exact) mass is 266 g/mol. The molecule has 0 aromatic carbocycles. The van der Waals surface area contributed by atoms with Crippen LogP contribution in [0.15, 0.2) is 16.8 Å². The molecule has 0 aliphatic carbocycles. The second-order valence-electron chi connectivity index (χ2n) is 5.81. The van der Waals surface area contributed by atoms with Crippen LogP contribution < -0.4 is 5.32 Å². The Labute approximate surface area is 115 Å². The van der Waals surface area contributed by atoms with Gasteiger partial charge in [-0.1, -0.05) is 0 Å². The van der Waals surface area contributed by atoms with E-state index in [4.69, 9.17) is 0 Å². The molecule has 1 aromatic heterocycles. The first-order valence-electron chi connectivity index (χ1n) is 7.16. The number of nitrogens with one attached hydrogen (secondary N) is 1. The lowest BCUT2D eigenvalue weighted by Crippen LogP contribution is -2.47. The van der Waals surface area contributed by atoms with E-state index in [1.807, 2.05) is 0 Å². The molecule has 0 amide bonds. The van der Waals surface area contributed by atoms with E-state index in [2.05, 4.69) is 47.8 Å². The molecular formula is C15H26N2S. The lowest BCUT2D eigenvalue weighted by Gasteiger charge is -2.36. The first-order chi connectivity index (χ1) is 8.65. The average molecular weight is 266 g/mol. The summed E-state index contributed by atoms with van der Waals surface area (Å²) < 4.78 is 0. The van der Waals surface area contributed by atoms with Crippen molar-refractivity contribution in [2.75, 3.05) is 13.1 Å². The van der Waals surface area contributed by atoms with Gasteiger partial charge in [-0.25, -0.2) is 0 Å². The van der Waals surface area contributed by atoms with Crippen molar-refractivity contribution in [1.29, 1.82) is 0 Å². The predicted molar refractivity (Wildman–Crippen MR) is 80.4 cm³/mol. The fourth-order valence-electron chi connectivity index (χ4n) is 2.81. The van der Waals surface area contributed by atoms with Gasteiger partial charge in [-0.2, -0.15) is 11.3 Å². The molecule has 18 heavy (non-hydrogen) atoms. The van der Waals surface area contributed by atoms with Gasteiger partial charge in [-0.05, 0) is 75.5 Å². The van der Waals surface area contributed by atoms with E-state index in [0.29, 0.717) is 18.1 Å². The third kappa shape index (κ3) is 4.08. The van der Waals surface area contributed by atoms with Crippen molar-refractivity contribution in [3.63, 3.8) is 0 Å². The summed E-state index contributed by atoms with van der Waals surface area (Å²) in [6.45, 7) is 9.41. The van der Waals surface area contributed by atoms with Crippen LogP contribution in [0.1, 0.15) is 39.2 Å². The van der Waals surface area contributed by atoms with Crippen LogP contribution in [0.3, 0.4) is 0 Å². The number of hydrogen-bond acceptors (Lipinski definition) is 3. The first-order valence-corrected chi connectivity index (χ1v) is 8.10. The van der Waals surface area contributed by atoms with E-state index in [-0.39, 0.29) is 0 Å². The topological polar surface area (TPSA) is 15.3 Å². The summed E-state index contributed by atoms with van der Waals surface area (Å²) in [5.74, 6) is 0. The molecule has 2 heterocycles. The summed E-state index contributed by atoms with van der Waals surface area (Å²) in [4.78, 5) is 2.59. The smallest absolute Gasteiger partial charge is 0.00940 e. The summed E-state index contributed by atoms with van der Waals surface area (Å²) in [5.41, 5.74) is 1.47. The minimum absolute atomic E-state index is 0.593. The molecule has 2 rings (SSSR count). The zero-order valence-electron chi connectivity index (χ0n) is 11.9. The van der Waals surface area contributed by atoms with Crippen molar-refractivity contribution in [3.05, 3.63) is 22.4 Å². The average Bonchev–Trinajstić information content (AvgIpc) is 2.82. The minimum atomic E-state index is 0.593. The van der Waals surface area contributed by atoms with Gasteiger partial charge in [0.15, 0.2) is 0 Å². The van der Waals surface area contributed by atoms with Crippen molar-refractivity contribution in [2.24, 2.45) is 0 Å². The van der Waals surface area contributed by atoms with Crippen LogP contribution in [-0.4, -0.2) is 36.1 Å². The maximum Gasteiger partial charge on any atom is 0.00940 e. The van der Waals surface area contributed by atoms with Gasteiger partial charge in [0.25, 0.3) is 0 Å². The van der Waals surface area contributed by atoms with Crippen LogP contribution in [0.25, 0.3) is 0 Å². The molecule has 3 heteroatoms. The SMILES string of the molecule is CC(Cc1ccsc1)NC1CCN(C(C)C)CC1. The number of thiophene rings is 1. The molecule has 1 aliphatic rings. The van der Waals surface area contributed by atoms with E-state index in [9.17, 15) is 0 Å². The van der Waals surface area contributed by atoms with Crippen LogP contribution in [0, 0.1) is 0 Å². The summed E-state index contributed by atoms with van der Waals surface area (Å²) in [5, 5.41) is 8.23. The second kappa shape index (κ2) is 6.69. The highest BCUT2D eigenvalue weighted by Gasteiger charge is 2.21. The fourth-order valence-corrected chi connectivity index (χ4v) is 3.49. The molecule has 102 valence electrons. The van der Waals surface area contributed by atoms with Gasteiger partial charge in [0.05, 0.1) is 0 Å². The van der Waals surface area contributed by atoms with Crippen LogP contribution in [0.2, 0.25) is 0 Å². The standard InChI is InChI=1S/C15H26N2S/c1-12(2)17-7-4-15(5-8-17)16-13(3)10-14-6-9-18-11-14/h6,9,11-13,15-16H,4-5,7-8,10H2,1-3H3. The van der Waals surface area contributed by atoms with Crippen molar-refractivity contribution in [2.45, 2.75) is 58.2 Å². The third-order valence-corrected chi connectivity index (χ3v) is 4.63. The maximum atomic E-state index is 3.79.